The summed E-state index contributed by atoms with van der Waals surface area (Å²) in [5.74, 6) is -21.0. The second-order valence-corrected chi connectivity index (χ2v) is 6.25. The number of hydrogen-bond donors (Lipinski definition) is 4. The van der Waals surface area contributed by atoms with Gasteiger partial charge in [-0.2, -0.15) is 0 Å². The first-order chi connectivity index (χ1) is 14.7. The molecule has 9 nitrogen and oxygen atoms in total. The van der Waals surface area contributed by atoms with Crippen LogP contribution in [0.4, 0.5) is 22.0 Å². The normalized spacial score (nSPS) is 12.8. The molecular weight excluding hydrogens is 455 g/mol. The van der Waals surface area contributed by atoms with Crippen LogP contribution in [0.2, 0.25) is 0 Å². The summed E-state index contributed by atoms with van der Waals surface area (Å²) in [4.78, 5) is 57.6. The number of hydrogen-bond acceptors (Lipinski definition) is 5. The van der Waals surface area contributed by atoms with Gasteiger partial charge in [-0.1, -0.05) is 0 Å². The summed E-state index contributed by atoms with van der Waals surface area (Å²) in [5, 5.41) is 36.1. The van der Waals surface area contributed by atoms with Crippen LogP contribution in [0.1, 0.15) is 74.7 Å². The van der Waals surface area contributed by atoms with E-state index in [0.29, 0.717) is 0 Å². The van der Waals surface area contributed by atoms with E-state index in [2.05, 4.69) is 0 Å². The minimum absolute atomic E-state index is 1.82. The standard InChI is InChI=1S/C18H5F5O9/c19-9-1-3(12(22)7(17(29)30)5(10(1)20)15(25)26)14(24)4-2(9)11(21)6(16(27)28)8(13(4)23)18(31)32/h9H,(H,25,26)(H,27,28)(H,29,30)(H,31,32). The molecule has 0 saturated heterocycles. The lowest BCUT2D eigenvalue weighted by Gasteiger charge is -2.26. The van der Waals surface area contributed by atoms with Crippen LogP contribution >= 0.6 is 0 Å². The molecule has 0 heterocycles. The first-order valence-electron chi connectivity index (χ1n) is 7.97. The van der Waals surface area contributed by atoms with E-state index in [1.165, 1.54) is 0 Å². The summed E-state index contributed by atoms with van der Waals surface area (Å²) in [5.41, 5.74) is -15.0. The molecule has 0 radical (unpaired) electrons. The first kappa shape index (κ1) is 22.3. The zero-order valence-electron chi connectivity index (χ0n) is 14.8. The molecule has 0 spiro atoms. The molecular formula is C18H5F5O9. The van der Waals surface area contributed by atoms with Gasteiger partial charge < -0.3 is 20.4 Å². The molecule has 0 unspecified atom stereocenters. The van der Waals surface area contributed by atoms with Crippen molar-refractivity contribution in [2.24, 2.45) is 0 Å². The van der Waals surface area contributed by atoms with E-state index in [1.807, 2.05) is 0 Å². The van der Waals surface area contributed by atoms with Gasteiger partial charge in [-0.15, -0.1) is 0 Å². The molecule has 0 fully saturated rings. The average molecular weight is 460 g/mol. The summed E-state index contributed by atoms with van der Waals surface area (Å²) < 4.78 is 74.3. The van der Waals surface area contributed by atoms with Crippen LogP contribution < -0.4 is 0 Å². The predicted molar refractivity (Wildman–Crippen MR) is 86.9 cm³/mol. The average Bonchev–Trinajstić information content (AvgIpc) is 2.66. The zero-order chi connectivity index (χ0) is 24.4. The van der Waals surface area contributed by atoms with Gasteiger partial charge in [0.2, 0.25) is 0 Å². The van der Waals surface area contributed by atoms with E-state index in [4.69, 9.17) is 20.4 Å². The van der Waals surface area contributed by atoms with E-state index in [9.17, 15) is 41.5 Å². The number of fused-ring (bicyclic) bond motifs is 2. The number of carbonyl (C=O) groups is 5. The van der Waals surface area contributed by atoms with E-state index < -0.39 is 104 Å². The molecule has 1 aliphatic rings. The van der Waals surface area contributed by atoms with Crippen molar-refractivity contribution in [3.05, 3.63) is 67.8 Å². The minimum atomic E-state index is -3.41. The van der Waals surface area contributed by atoms with Crippen molar-refractivity contribution in [3.8, 4) is 0 Å². The molecule has 0 saturated carbocycles. The highest BCUT2D eigenvalue weighted by Crippen LogP contribution is 2.45. The van der Waals surface area contributed by atoms with Gasteiger partial charge in [0.25, 0.3) is 0 Å². The lowest BCUT2D eigenvalue weighted by molar-refractivity contribution is 0.0639. The lowest BCUT2D eigenvalue weighted by atomic mass is 9.78. The van der Waals surface area contributed by atoms with Gasteiger partial charge in [0, 0.05) is 11.1 Å². The summed E-state index contributed by atoms with van der Waals surface area (Å²) in [6, 6.07) is 0. The first-order valence-corrected chi connectivity index (χ1v) is 7.97. The Hall–Kier alpha value is -4.36. The van der Waals surface area contributed by atoms with E-state index in [0.717, 1.165) is 0 Å². The van der Waals surface area contributed by atoms with Crippen LogP contribution in [0, 0.1) is 23.3 Å². The summed E-state index contributed by atoms with van der Waals surface area (Å²) in [6.45, 7) is 0. The smallest absolute Gasteiger partial charge is 0.339 e. The van der Waals surface area contributed by atoms with Crippen LogP contribution in [0.5, 0.6) is 0 Å². The zero-order valence-corrected chi connectivity index (χ0v) is 14.8. The van der Waals surface area contributed by atoms with Crippen molar-refractivity contribution in [2.75, 3.05) is 0 Å². The number of aromatic carboxylic acids is 4. The van der Waals surface area contributed by atoms with Crippen molar-refractivity contribution in [1.29, 1.82) is 0 Å². The third-order valence-electron chi connectivity index (χ3n) is 4.65. The Kier molecular flexibility index (Phi) is 4.96. The van der Waals surface area contributed by atoms with Gasteiger partial charge in [0.15, 0.2) is 12.0 Å². The Morgan fingerprint density at radius 2 is 0.812 bits per heavy atom. The highest BCUT2D eigenvalue weighted by Gasteiger charge is 2.47. The third kappa shape index (κ3) is 2.72. The number of carbonyl (C=O) groups excluding carboxylic acids is 1. The molecule has 2 aromatic rings. The van der Waals surface area contributed by atoms with E-state index >= 15 is 4.39 Å². The van der Waals surface area contributed by atoms with Gasteiger partial charge >= 0.3 is 23.9 Å². The van der Waals surface area contributed by atoms with E-state index in [1.54, 1.807) is 0 Å². The number of carboxylic acid groups (broad SMARTS) is 4. The largest absolute Gasteiger partial charge is 0.478 e. The van der Waals surface area contributed by atoms with Crippen molar-refractivity contribution >= 4 is 29.7 Å². The van der Waals surface area contributed by atoms with Crippen LogP contribution in [0.25, 0.3) is 0 Å². The van der Waals surface area contributed by atoms with Crippen molar-refractivity contribution in [2.45, 2.75) is 6.17 Å². The molecule has 4 N–H and O–H groups in total. The fourth-order valence-electron chi connectivity index (χ4n) is 3.41. The van der Waals surface area contributed by atoms with Crippen LogP contribution in [0.3, 0.4) is 0 Å². The summed E-state index contributed by atoms with van der Waals surface area (Å²) >= 11 is 0. The Labute approximate surface area is 170 Å². The molecule has 0 aliphatic heterocycles. The quantitative estimate of drug-likeness (QED) is 0.502. The Balaban J connectivity index is 2.59. The topological polar surface area (TPSA) is 166 Å². The molecule has 14 heteroatoms. The number of ketones is 1. The maximum Gasteiger partial charge on any atom is 0.339 e. The number of carboxylic acids is 4. The van der Waals surface area contributed by atoms with Crippen molar-refractivity contribution in [1.82, 2.24) is 0 Å². The van der Waals surface area contributed by atoms with Gasteiger partial charge in [-0.05, 0) is 0 Å². The van der Waals surface area contributed by atoms with Crippen LogP contribution in [0.15, 0.2) is 0 Å². The maximum absolute atomic E-state index is 15.1. The second-order valence-electron chi connectivity index (χ2n) is 6.25. The molecule has 1 aliphatic carbocycles. The highest BCUT2D eigenvalue weighted by molar-refractivity contribution is 6.17. The van der Waals surface area contributed by atoms with Gasteiger partial charge in [-0.3, -0.25) is 4.79 Å². The lowest BCUT2D eigenvalue weighted by Crippen LogP contribution is -2.30. The van der Waals surface area contributed by atoms with Crippen LogP contribution in [-0.2, 0) is 0 Å². The summed E-state index contributed by atoms with van der Waals surface area (Å²) in [6.07, 6.45) is -3.41. The molecule has 166 valence electrons. The second kappa shape index (κ2) is 7.11. The number of rotatable bonds is 4. The van der Waals surface area contributed by atoms with Gasteiger partial charge in [0.1, 0.15) is 45.5 Å². The number of benzene rings is 2. The molecule has 32 heavy (non-hydrogen) atoms. The highest BCUT2D eigenvalue weighted by atomic mass is 19.2. The maximum atomic E-state index is 15.1. The molecule has 0 amide bonds. The Morgan fingerprint density at radius 3 is 1.06 bits per heavy atom. The molecule has 0 aromatic heterocycles. The predicted octanol–water partition coefficient (Wildman–Crippen LogP) is 2.64. The summed E-state index contributed by atoms with van der Waals surface area (Å²) in [7, 11) is 0. The molecule has 3 rings (SSSR count). The van der Waals surface area contributed by atoms with Crippen molar-refractivity contribution in [3.63, 3.8) is 0 Å². The molecule has 0 bridgehead atoms. The van der Waals surface area contributed by atoms with Crippen LogP contribution in [-0.4, -0.2) is 50.1 Å². The van der Waals surface area contributed by atoms with E-state index in [-0.39, 0.29) is 0 Å². The molecule has 0 atom stereocenters. The number of halogens is 5. The van der Waals surface area contributed by atoms with Gasteiger partial charge in [0.05, 0.1) is 11.1 Å². The fraction of sp³-hybridized carbons (Fsp3) is 0.0556. The minimum Gasteiger partial charge on any atom is -0.478 e. The molecule has 2 aromatic carbocycles. The third-order valence-corrected chi connectivity index (χ3v) is 4.65. The Morgan fingerprint density at radius 1 is 0.562 bits per heavy atom. The monoisotopic (exact) mass is 460 g/mol. The SMILES string of the molecule is O=C(O)c1c(F)c2c(c(F)c1C(=O)O)C(F)c1c(F)c(C(=O)O)c(C(=O)O)c(F)c1C2=O. The number of alkyl halides is 1. The van der Waals surface area contributed by atoms with Crippen molar-refractivity contribution < 1.29 is 66.4 Å². The fourth-order valence-corrected chi connectivity index (χ4v) is 3.41. The van der Waals surface area contributed by atoms with Gasteiger partial charge in [-0.25, -0.2) is 41.1 Å². The Bertz CT molecular complexity index is 1220.